The number of fused-ring (bicyclic) bond motifs is 2. The third-order valence-corrected chi connectivity index (χ3v) is 6.27. The van der Waals surface area contributed by atoms with Crippen molar-refractivity contribution in [2.45, 2.75) is 5.16 Å². The molecular formula is C24H15FN6O5S. The average molecular weight is 518 g/mol. The predicted molar refractivity (Wildman–Crippen MR) is 134 cm³/mol. The summed E-state index contributed by atoms with van der Waals surface area (Å²) in [5, 5.41) is 29.1. The van der Waals surface area contributed by atoms with E-state index in [4.69, 9.17) is 0 Å². The van der Waals surface area contributed by atoms with E-state index in [2.05, 4.69) is 20.2 Å². The van der Waals surface area contributed by atoms with E-state index in [1.165, 1.54) is 34.9 Å². The highest BCUT2D eigenvalue weighted by Gasteiger charge is 2.17. The van der Waals surface area contributed by atoms with Crippen molar-refractivity contribution in [3.8, 4) is 11.6 Å². The molecule has 0 saturated heterocycles. The number of carbonyl (C=O) groups is 1. The minimum Gasteiger partial charge on any atom is -0.493 e. The number of non-ortho nitro benzene ring substituents is 1. The lowest BCUT2D eigenvalue weighted by Gasteiger charge is -2.12. The van der Waals surface area contributed by atoms with Crippen LogP contribution in [0.5, 0.6) is 5.88 Å². The van der Waals surface area contributed by atoms with Gasteiger partial charge in [0.15, 0.2) is 10.8 Å². The maximum atomic E-state index is 13.8. The van der Waals surface area contributed by atoms with Crippen molar-refractivity contribution in [1.82, 2.24) is 14.5 Å². The molecule has 0 unspecified atom stereocenters. The summed E-state index contributed by atoms with van der Waals surface area (Å²) in [6, 6.07) is 16.1. The average Bonchev–Trinajstić information content (AvgIpc) is 3.21. The summed E-state index contributed by atoms with van der Waals surface area (Å²) in [6.45, 7) is 0. The highest BCUT2D eigenvalue weighted by atomic mass is 32.2. The number of carbonyl (C=O) groups excluding carboxylic acids is 1. The van der Waals surface area contributed by atoms with Gasteiger partial charge in [0.25, 0.3) is 17.2 Å². The number of aromatic nitrogens is 3. The molecule has 0 aliphatic heterocycles. The number of rotatable bonds is 6. The van der Waals surface area contributed by atoms with E-state index in [0.717, 1.165) is 17.8 Å². The second-order valence-corrected chi connectivity index (χ2v) is 8.67. The number of nitro benzene ring substituents is 1. The van der Waals surface area contributed by atoms with Gasteiger partial charge in [-0.3, -0.25) is 24.3 Å². The molecule has 0 radical (unpaired) electrons. The molecule has 0 atom stereocenters. The maximum Gasteiger partial charge on any atom is 0.275 e. The monoisotopic (exact) mass is 518 g/mol. The number of azo groups is 1. The minimum absolute atomic E-state index is 0.0862. The van der Waals surface area contributed by atoms with Gasteiger partial charge in [-0.15, -0.1) is 10.2 Å². The summed E-state index contributed by atoms with van der Waals surface area (Å²) in [6.07, 6.45) is 0. The third kappa shape index (κ3) is 4.67. The summed E-state index contributed by atoms with van der Waals surface area (Å²) < 4.78 is 15.1. The smallest absolute Gasteiger partial charge is 0.275 e. The zero-order valence-electron chi connectivity index (χ0n) is 18.7. The van der Waals surface area contributed by atoms with Gasteiger partial charge < -0.3 is 10.1 Å². The van der Waals surface area contributed by atoms with Crippen LogP contribution in [0.15, 0.2) is 86.9 Å². The Morgan fingerprint density at radius 3 is 2.68 bits per heavy atom. The molecule has 5 rings (SSSR count). The second kappa shape index (κ2) is 9.62. The Hall–Kier alpha value is -4.91. The lowest BCUT2D eigenvalue weighted by atomic mass is 10.2. The van der Waals surface area contributed by atoms with Crippen molar-refractivity contribution < 1.29 is 19.2 Å². The highest BCUT2D eigenvalue weighted by Crippen LogP contribution is 2.37. The van der Waals surface area contributed by atoms with Crippen LogP contribution in [0.4, 0.5) is 15.8 Å². The Bertz CT molecular complexity index is 1780. The number of nitrogens with zero attached hydrogens (tertiary/aromatic N) is 5. The van der Waals surface area contributed by atoms with Crippen LogP contribution in [0.2, 0.25) is 0 Å². The summed E-state index contributed by atoms with van der Waals surface area (Å²) in [4.78, 5) is 43.3. The van der Waals surface area contributed by atoms with Gasteiger partial charge in [-0.05, 0) is 36.4 Å². The molecule has 0 aliphatic rings. The summed E-state index contributed by atoms with van der Waals surface area (Å²) >= 11 is 0.930. The number of hydrogen-bond acceptors (Lipinski definition) is 8. The van der Waals surface area contributed by atoms with Crippen LogP contribution in [0.25, 0.3) is 27.5 Å². The Morgan fingerprint density at radius 1 is 1.14 bits per heavy atom. The van der Waals surface area contributed by atoms with Crippen molar-refractivity contribution in [3.05, 3.63) is 93.0 Å². The number of para-hydroxylation sites is 1. The first-order chi connectivity index (χ1) is 17.8. The molecule has 2 N–H and O–H groups in total. The molecule has 13 heteroatoms. The fourth-order valence-electron chi connectivity index (χ4n) is 3.67. The molecule has 1 amide bonds. The number of nitrogens with one attached hydrogen (secondary N) is 1. The Balaban J connectivity index is 1.45. The van der Waals surface area contributed by atoms with Gasteiger partial charge in [-0.1, -0.05) is 30.0 Å². The molecule has 0 fully saturated rings. The van der Waals surface area contributed by atoms with Gasteiger partial charge in [0.2, 0.25) is 5.88 Å². The van der Waals surface area contributed by atoms with E-state index >= 15 is 0 Å². The van der Waals surface area contributed by atoms with Crippen LogP contribution < -0.4 is 5.56 Å². The lowest BCUT2D eigenvalue weighted by molar-refractivity contribution is -0.384. The number of halogens is 1. The third-order valence-electron chi connectivity index (χ3n) is 5.35. The number of nitro groups is 1. The van der Waals surface area contributed by atoms with Gasteiger partial charge in [-0.25, -0.2) is 9.37 Å². The maximum absolute atomic E-state index is 13.8. The molecule has 184 valence electrons. The van der Waals surface area contributed by atoms with E-state index < -0.39 is 28.1 Å². The lowest BCUT2D eigenvalue weighted by Crippen LogP contribution is -2.22. The van der Waals surface area contributed by atoms with Crippen molar-refractivity contribution in [1.29, 1.82) is 0 Å². The number of thioether (sulfide) groups is 1. The predicted octanol–water partition coefficient (Wildman–Crippen LogP) is 5.02. The molecule has 5 aromatic rings. The molecule has 11 nitrogen and oxygen atoms in total. The first kappa shape index (κ1) is 23.8. The number of aromatic amines is 1. The van der Waals surface area contributed by atoms with Crippen LogP contribution in [-0.4, -0.2) is 36.2 Å². The molecule has 0 aliphatic carbocycles. The fourth-order valence-corrected chi connectivity index (χ4v) is 4.46. The van der Waals surface area contributed by atoms with Crippen LogP contribution >= 0.6 is 11.8 Å². The van der Waals surface area contributed by atoms with Crippen molar-refractivity contribution in [2.75, 3.05) is 5.75 Å². The Labute approximate surface area is 210 Å². The van der Waals surface area contributed by atoms with Crippen LogP contribution in [-0.2, 0) is 4.79 Å². The SMILES string of the molecule is O=C(CSc1nc2ccc(F)cc2c(=O)n1-c1ccccc1)N=Nc1c(O)[nH]c2ccc([N+](=O)[O-])cc12. The number of hydrogen-bond donors (Lipinski definition) is 2. The molecule has 0 saturated carbocycles. The van der Waals surface area contributed by atoms with E-state index in [0.29, 0.717) is 11.2 Å². The number of amides is 1. The van der Waals surface area contributed by atoms with E-state index in [1.807, 2.05) is 0 Å². The molecule has 2 heterocycles. The molecule has 3 aromatic carbocycles. The quantitative estimate of drug-likeness (QED) is 0.105. The molecular weight excluding hydrogens is 503 g/mol. The zero-order valence-corrected chi connectivity index (χ0v) is 19.5. The zero-order chi connectivity index (χ0) is 26.1. The first-order valence-corrected chi connectivity index (χ1v) is 11.6. The number of aromatic hydroxyl groups is 1. The number of H-pyrrole nitrogens is 1. The van der Waals surface area contributed by atoms with E-state index in [-0.39, 0.29) is 38.6 Å². The van der Waals surface area contributed by atoms with Crippen LogP contribution in [0.1, 0.15) is 0 Å². The second-order valence-electron chi connectivity index (χ2n) is 7.72. The van der Waals surface area contributed by atoms with Gasteiger partial charge in [0.05, 0.1) is 32.8 Å². The van der Waals surface area contributed by atoms with Crippen molar-refractivity contribution in [2.24, 2.45) is 10.2 Å². The van der Waals surface area contributed by atoms with Gasteiger partial charge >= 0.3 is 0 Å². The first-order valence-electron chi connectivity index (χ1n) is 10.7. The Morgan fingerprint density at radius 2 is 1.92 bits per heavy atom. The summed E-state index contributed by atoms with van der Waals surface area (Å²) in [5.74, 6) is -1.95. The summed E-state index contributed by atoms with van der Waals surface area (Å²) in [5.41, 5.74) is 0.281. The van der Waals surface area contributed by atoms with Crippen LogP contribution in [0, 0.1) is 15.9 Å². The fraction of sp³-hybridized carbons (Fsp3) is 0.0417. The minimum atomic E-state index is -0.711. The van der Waals surface area contributed by atoms with Gasteiger partial charge in [-0.2, -0.15) is 0 Å². The van der Waals surface area contributed by atoms with Crippen LogP contribution in [0.3, 0.4) is 0 Å². The molecule has 0 spiro atoms. The van der Waals surface area contributed by atoms with Crippen molar-refractivity contribution in [3.63, 3.8) is 0 Å². The van der Waals surface area contributed by atoms with E-state index in [9.17, 15) is 29.2 Å². The Kier molecular flexibility index (Phi) is 6.19. The van der Waals surface area contributed by atoms with E-state index in [1.54, 1.807) is 30.3 Å². The van der Waals surface area contributed by atoms with Gasteiger partial charge in [0.1, 0.15) is 5.82 Å². The topological polar surface area (TPSA) is 156 Å². The number of benzene rings is 3. The normalized spacial score (nSPS) is 11.5. The van der Waals surface area contributed by atoms with Gasteiger partial charge in [0, 0.05) is 17.5 Å². The molecule has 2 aromatic heterocycles. The largest absolute Gasteiger partial charge is 0.493 e. The van der Waals surface area contributed by atoms with Crippen molar-refractivity contribution >= 4 is 50.8 Å². The summed E-state index contributed by atoms with van der Waals surface area (Å²) in [7, 11) is 0. The standard InChI is InChI=1S/C24H15FN6O5S/c25-13-6-8-19-17(10-13)23(34)30(14-4-2-1-3-5-14)24(27-19)37-12-20(32)28-29-21-16-11-15(31(35)36)7-9-18(16)26-22(21)33/h1-11,26,33H,12H2. The molecule has 0 bridgehead atoms. The molecule has 37 heavy (non-hydrogen) atoms. The highest BCUT2D eigenvalue weighted by molar-refractivity contribution is 7.99.